The first kappa shape index (κ1) is 18.9. The van der Waals surface area contributed by atoms with Crippen molar-refractivity contribution in [3.8, 4) is 21.8 Å². The van der Waals surface area contributed by atoms with Crippen LogP contribution in [0.3, 0.4) is 0 Å². The van der Waals surface area contributed by atoms with E-state index >= 15 is 0 Å². The number of carbonyl (C=O) groups is 1. The highest BCUT2D eigenvalue weighted by molar-refractivity contribution is 7.13. The van der Waals surface area contributed by atoms with E-state index in [1.165, 1.54) is 5.56 Å². The normalized spacial score (nSPS) is 10.6. The molecular weight excluding hydrogens is 378 g/mol. The van der Waals surface area contributed by atoms with Gasteiger partial charge in [-0.2, -0.15) is 0 Å². The number of anilines is 2. The molecule has 0 atom stereocenters. The van der Waals surface area contributed by atoms with Gasteiger partial charge in [-0.15, -0.1) is 11.3 Å². The highest BCUT2D eigenvalue weighted by Gasteiger charge is 2.09. The van der Waals surface area contributed by atoms with Gasteiger partial charge in [-0.05, 0) is 49.2 Å². The van der Waals surface area contributed by atoms with Gasteiger partial charge in [-0.1, -0.05) is 48.5 Å². The van der Waals surface area contributed by atoms with Gasteiger partial charge in [0, 0.05) is 27.9 Å². The van der Waals surface area contributed by atoms with Crippen molar-refractivity contribution in [2.75, 3.05) is 10.6 Å². The molecule has 0 spiro atoms. The molecule has 3 aromatic carbocycles. The Kier molecular flexibility index (Phi) is 5.40. The van der Waals surface area contributed by atoms with E-state index in [2.05, 4.69) is 22.8 Å². The van der Waals surface area contributed by atoms with E-state index in [0.29, 0.717) is 0 Å². The van der Waals surface area contributed by atoms with Gasteiger partial charge in [0.15, 0.2) is 0 Å². The third kappa shape index (κ3) is 4.52. The molecule has 0 saturated heterocycles. The molecule has 0 aliphatic rings. The average Bonchev–Trinajstić information content (AvgIpc) is 3.22. The number of aromatic nitrogens is 1. The van der Waals surface area contributed by atoms with Crippen LogP contribution in [-0.2, 0) is 0 Å². The van der Waals surface area contributed by atoms with Crippen LogP contribution in [0.1, 0.15) is 11.1 Å². The highest BCUT2D eigenvalue weighted by Crippen LogP contribution is 2.29. The summed E-state index contributed by atoms with van der Waals surface area (Å²) in [5.74, 6) is 0. The number of nitrogens with zero attached hydrogens (tertiary/aromatic N) is 1. The lowest BCUT2D eigenvalue weighted by Crippen LogP contribution is -2.19. The topological polar surface area (TPSA) is 54.0 Å². The minimum absolute atomic E-state index is 0.270. The van der Waals surface area contributed by atoms with Crippen LogP contribution in [0, 0.1) is 13.8 Å². The minimum Gasteiger partial charge on any atom is -0.308 e. The predicted octanol–water partition coefficient (Wildman–Crippen LogP) is 6.74. The van der Waals surface area contributed by atoms with E-state index in [1.54, 1.807) is 11.3 Å². The second-order valence-electron chi connectivity index (χ2n) is 6.86. The smallest absolute Gasteiger partial charge is 0.308 e. The van der Waals surface area contributed by atoms with Gasteiger partial charge in [-0.25, -0.2) is 9.78 Å². The Balaban J connectivity index is 1.48. The molecule has 2 N–H and O–H groups in total. The fourth-order valence-electron chi connectivity index (χ4n) is 2.99. The lowest BCUT2D eigenvalue weighted by molar-refractivity contribution is 0.262. The third-order valence-corrected chi connectivity index (χ3v) is 5.60. The molecule has 0 saturated carbocycles. The van der Waals surface area contributed by atoms with Crippen LogP contribution in [0.5, 0.6) is 0 Å². The summed E-state index contributed by atoms with van der Waals surface area (Å²) in [6.07, 6.45) is 0. The first-order chi connectivity index (χ1) is 14.1. The number of hydrogen-bond donors (Lipinski definition) is 2. The summed E-state index contributed by atoms with van der Waals surface area (Å²) >= 11 is 1.61. The molecule has 4 nitrogen and oxygen atoms in total. The molecule has 144 valence electrons. The van der Waals surface area contributed by atoms with Crippen LogP contribution in [-0.4, -0.2) is 11.0 Å². The van der Waals surface area contributed by atoms with Crippen LogP contribution in [0.4, 0.5) is 16.2 Å². The van der Waals surface area contributed by atoms with Crippen LogP contribution in [0.25, 0.3) is 21.8 Å². The van der Waals surface area contributed by atoms with E-state index in [-0.39, 0.29) is 6.03 Å². The van der Waals surface area contributed by atoms with Crippen molar-refractivity contribution >= 4 is 28.7 Å². The number of thiazole rings is 1. The summed E-state index contributed by atoms with van der Waals surface area (Å²) < 4.78 is 0. The molecule has 0 fully saturated rings. The molecule has 0 aliphatic heterocycles. The SMILES string of the molecule is Cc1ccc(NC(=O)Nc2cccc(-c3csc(-c4ccccc4)n3)c2)cc1C. The summed E-state index contributed by atoms with van der Waals surface area (Å²) in [4.78, 5) is 17.1. The van der Waals surface area contributed by atoms with Crippen molar-refractivity contribution in [3.05, 3.63) is 89.3 Å². The van der Waals surface area contributed by atoms with Crippen molar-refractivity contribution in [1.29, 1.82) is 0 Å². The molecule has 5 heteroatoms. The van der Waals surface area contributed by atoms with Crippen LogP contribution in [0.2, 0.25) is 0 Å². The second kappa shape index (κ2) is 8.29. The molecule has 1 heterocycles. The fraction of sp³-hybridized carbons (Fsp3) is 0.0833. The minimum atomic E-state index is -0.270. The summed E-state index contributed by atoms with van der Waals surface area (Å²) in [5, 5.41) is 8.79. The monoisotopic (exact) mass is 399 g/mol. The number of benzene rings is 3. The maximum Gasteiger partial charge on any atom is 0.323 e. The van der Waals surface area contributed by atoms with Crippen LogP contribution < -0.4 is 10.6 Å². The molecule has 0 radical (unpaired) electrons. The summed E-state index contributed by atoms with van der Waals surface area (Å²) in [6.45, 7) is 4.08. The Morgan fingerprint density at radius 1 is 0.793 bits per heavy atom. The Hall–Kier alpha value is -3.44. The quantitative estimate of drug-likeness (QED) is 0.399. The summed E-state index contributed by atoms with van der Waals surface area (Å²) in [7, 11) is 0. The van der Waals surface area contributed by atoms with E-state index < -0.39 is 0 Å². The van der Waals surface area contributed by atoms with Crippen LogP contribution >= 0.6 is 11.3 Å². The zero-order chi connectivity index (χ0) is 20.2. The predicted molar refractivity (Wildman–Crippen MR) is 122 cm³/mol. The lowest BCUT2D eigenvalue weighted by atomic mass is 10.1. The number of nitrogens with one attached hydrogen (secondary N) is 2. The largest absolute Gasteiger partial charge is 0.323 e. The Labute approximate surface area is 174 Å². The maximum absolute atomic E-state index is 12.4. The molecule has 2 amide bonds. The Bertz CT molecular complexity index is 1150. The van der Waals surface area contributed by atoms with Crippen molar-refractivity contribution in [3.63, 3.8) is 0 Å². The zero-order valence-electron chi connectivity index (χ0n) is 16.3. The van der Waals surface area contributed by atoms with E-state index in [1.807, 2.05) is 79.9 Å². The zero-order valence-corrected chi connectivity index (χ0v) is 17.1. The van der Waals surface area contributed by atoms with Crippen molar-refractivity contribution in [2.45, 2.75) is 13.8 Å². The van der Waals surface area contributed by atoms with Gasteiger partial charge in [0.25, 0.3) is 0 Å². The standard InChI is InChI=1S/C24H21N3OS/c1-16-11-12-21(13-17(16)2)26-24(28)25-20-10-6-9-19(14-20)22-15-29-23(27-22)18-7-4-3-5-8-18/h3-15H,1-2H3,(H2,25,26,28). The first-order valence-electron chi connectivity index (χ1n) is 9.35. The molecule has 0 aliphatic carbocycles. The number of aryl methyl sites for hydroxylation is 2. The second-order valence-corrected chi connectivity index (χ2v) is 7.72. The number of rotatable bonds is 4. The lowest BCUT2D eigenvalue weighted by Gasteiger charge is -2.10. The molecule has 4 rings (SSSR count). The van der Waals surface area contributed by atoms with Gasteiger partial charge in [-0.3, -0.25) is 0 Å². The van der Waals surface area contributed by atoms with E-state index in [9.17, 15) is 4.79 Å². The van der Waals surface area contributed by atoms with E-state index in [0.717, 1.165) is 38.8 Å². The van der Waals surface area contributed by atoms with Crippen molar-refractivity contribution in [2.24, 2.45) is 0 Å². The fourth-order valence-corrected chi connectivity index (χ4v) is 3.82. The molecule has 0 bridgehead atoms. The third-order valence-electron chi connectivity index (χ3n) is 4.71. The number of carbonyl (C=O) groups excluding carboxylic acids is 1. The van der Waals surface area contributed by atoms with Gasteiger partial charge in [0.05, 0.1) is 5.69 Å². The van der Waals surface area contributed by atoms with Gasteiger partial charge in [0.2, 0.25) is 0 Å². The van der Waals surface area contributed by atoms with Gasteiger partial charge in [0.1, 0.15) is 5.01 Å². The summed E-state index contributed by atoms with van der Waals surface area (Å²) in [6, 6.07) is 23.4. The van der Waals surface area contributed by atoms with Gasteiger partial charge < -0.3 is 10.6 Å². The number of urea groups is 1. The Morgan fingerprint density at radius 3 is 2.28 bits per heavy atom. The van der Waals surface area contributed by atoms with Crippen molar-refractivity contribution < 1.29 is 4.79 Å². The summed E-state index contributed by atoms with van der Waals surface area (Å²) in [5.41, 5.74) is 6.79. The van der Waals surface area contributed by atoms with Crippen LogP contribution in [0.15, 0.2) is 78.2 Å². The highest BCUT2D eigenvalue weighted by atomic mass is 32.1. The molecular formula is C24H21N3OS. The van der Waals surface area contributed by atoms with Crippen molar-refractivity contribution in [1.82, 2.24) is 4.98 Å². The first-order valence-corrected chi connectivity index (χ1v) is 10.2. The maximum atomic E-state index is 12.4. The van der Waals surface area contributed by atoms with E-state index in [4.69, 9.17) is 4.98 Å². The average molecular weight is 400 g/mol. The molecule has 4 aromatic rings. The number of hydrogen-bond acceptors (Lipinski definition) is 3. The molecule has 29 heavy (non-hydrogen) atoms. The Morgan fingerprint density at radius 2 is 1.52 bits per heavy atom. The van der Waals surface area contributed by atoms with Gasteiger partial charge >= 0.3 is 6.03 Å². The molecule has 1 aromatic heterocycles. The molecule has 0 unspecified atom stereocenters. The number of amides is 2.